The summed E-state index contributed by atoms with van der Waals surface area (Å²) in [5.74, 6) is -0.236. The van der Waals surface area contributed by atoms with Crippen LogP contribution in [0.2, 0.25) is 0 Å². The Morgan fingerprint density at radius 1 is 1.05 bits per heavy atom. The largest absolute Gasteiger partial charge is 0.417 e. The van der Waals surface area contributed by atoms with Crippen LogP contribution in [0.15, 0.2) is 48.7 Å². The molecule has 0 unspecified atom stereocenters. The minimum Gasteiger partial charge on any atom is -0.292 e. The maximum atomic E-state index is 12.4. The van der Waals surface area contributed by atoms with Crippen molar-refractivity contribution in [3.8, 4) is 0 Å². The molecule has 110 valence electrons. The molecule has 0 radical (unpaired) electrons. The minimum atomic E-state index is -4.43. The Balaban J connectivity index is 1.89. The highest BCUT2D eigenvalue weighted by Gasteiger charge is 2.30. The fraction of sp³-hybridized carbons (Fsp3) is 0.250. The molecule has 5 heteroatoms. The summed E-state index contributed by atoms with van der Waals surface area (Å²) in [6.07, 6.45) is -2.06. The molecule has 0 aliphatic carbocycles. The predicted molar refractivity (Wildman–Crippen MR) is 72.9 cm³/mol. The summed E-state index contributed by atoms with van der Waals surface area (Å²) in [6, 6.07) is 11.7. The van der Waals surface area contributed by atoms with Crippen LogP contribution in [0.5, 0.6) is 0 Å². The minimum absolute atomic E-state index is 0.0797. The number of hydrogen-bond acceptors (Lipinski definition) is 2. The number of pyridine rings is 1. The lowest BCUT2D eigenvalue weighted by Crippen LogP contribution is -2.08. The van der Waals surface area contributed by atoms with Gasteiger partial charge in [0.25, 0.3) is 0 Å². The van der Waals surface area contributed by atoms with Gasteiger partial charge < -0.3 is 0 Å². The van der Waals surface area contributed by atoms with Crippen LogP contribution in [0.3, 0.4) is 0 Å². The van der Waals surface area contributed by atoms with Crippen molar-refractivity contribution < 1.29 is 18.0 Å². The number of aromatic nitrogens is 1. The normalized spacial score (nSPS) is 11.4. The van der Waals surface area contributed by atoms with Gasteiger partial charge in [-0.1, -0.05) is 30.3 Å². The first-order chi connectivity index (χ1) is 9.97. The molecule has 0 amide bonds. The highest BCUT2D eigenvalue weighted by atomic mass is 19.4. The summed E-state index contributed by atoms with van der Waals surface area (Å²) in [6.45, 7) is 0. The molecule has 0 saturated heterocycles. The van der Waals surface area contributed by atoms with Gasteiger partial charge in [-0.05, 0) is 30.5 Å². The van der Waals surface area contributed by atoms with E-state index in [0.29, 0.717) is 12.6 Å². The maximum absolute atomic E-state index is 12.4. The molecule has 0 saturated carbocycles. The van der Waals surface area contributed by atoms with Crippen molar-refractivity contribution in [1.29, 1.82) is 0 Å². The lowest BCUT2D eigenvalue weighted by Gasteiger charge is -2.06. The molecular weight excluding hydrogens is 279 g/mol. The summed E-state index contributed by atoms with van der Waals surface area (Å²) in [4.78, 5) is 15.5. The van der Waals surface area contributed by atoms with Crippen molar-refractivity contribution in [1.82, 2.24) is 4.98 Å². The van der Waals surface area contributed by atoms with Gasteiger partial charge in [0.15, 0.2) is 5.78 Å². The molecule has 0 spiro atoms. The number of carbonyl (C=O) groups excluding carboxylic acids is 1. The Labute approximate surface area is 120 Å². The van der Waals surface area contributed by atoms with Crippen molar-refractivity contribution in [2.45, 2.75) is 25.4 Å². The maximum Gasteiger partial charge on any atom is 0.417 e. The van der Waals surface area contributed by atoms with Crippen molar-refractivity contribution in [3.63, 3.8) is 0 Å². The number of carbonyl (C=O) groups is 1. The smallest absolute Gasteiger partial charge is 0.292 e. The predicted octanol–water partition coefficient (Wildman–Crippen LogP) is 4.31. The van der Waals surface area contributed by atoms with E-state index in [1.165, 1.54) is 0 Å². The second-order valence-electron chi connectivity index (χ2n) is 4.69. The van der Waals surface area contributed by atoms with E-state index >= 15 is 0 Å². The number of rotatable bonds is 5. The molecule has 1 heterocycles. The van der Waals surface area contributed by atoms with E-state index in [1.807, 2.05) is 30.3 Å². The first kappa shape index (κ1) is 15.2. The van der Waals surface area contributed by atoms with Gasteiger partial charge in [0.2, 0.25) is 0 Å². The Morgan fingerprint density at radius 2 is 1.76 bits per heavy atom. The van der Waals surface area contributed by atoms with Gasteiger partial charge in [-0.25, -0.2) is 0 Å². The molecule has 1 aromatic carbocycles. The van der Waals surface area contributed by atoms with Gasteiger partial charge in [-0.2, -0.15) is 13.2 Å². The third kappa shape index (κ3) is 4.41. The summed E-state index contributed by atoms with van der Waals surface area (Å²) < 4.78 is 37.2. The molecule has 0 N–H and O–H groups in total. The number of halogens is 3. The summed E-state index contributed by atoms with van der Waals surface area (Å²) >= 11 is 0. The number of hydrogen-bond donors (Lipinski definition) is 0. The fourth-order valence-corrected chi connectivity index (χ4v) is 1.95. The first-order valence-electron chi connectivity index (χ1n) is 6.57. The molecule has 2 rings (SSSR count). The molecule has 2 aromatic rings. The molecule has 2 nitrogen and oxygen atoms in total. The molecule has 1 aromatic heterocycles. The topological polar surface area (TPSA) is 30.0 Å². The number of ketones is 1. The van der Waals surface area contributed by atoms with Crippen LogP contribution >= 0.6 is 0 Å². The van der Waals surface area contributed by atoms with Crippen LogP contribution in [0.4, 0.5) is 13.2 Å². The Hall–Kier alpha value is -2.17. The molecule has 0 fully saturated rings. The van der Waals surface area contributed by atoms with Crippen molar-refractivity contribution in [2.75, 3.05) is 0 Å². The highest BCUT2D eigenvalue weighted by molar-refractivity contribution is 5.94. The van der Waals surface area contributed by atoms with E-state index in [-0.39, 0.29) is 17.9 Å². The number of nitrogens with zero attached hydrogens (tertiary/aromatic N) is 1. The Kier molecular flexibility index (Phi) is 4.73. The van der Waals surface area contributed by atoms with Gasteiger partial charge in [-0.15, -0.1) is 0 Å². The average molecular weight is 293 g/mol. The summed E-state index contributed by atoms with van der Waals surface area (Å²) in [5, 5.41) is 0. The van der Waals surface area contributed by atoms with Crippen LogP contribution in [-0.4, -0.2) is 10.8 Å². The summed E-state index contributed by atoms with van der Waals surface area (Å²) in [5.41, 5.74) is 0.366. The van der Waals surface area contributed by atoms with Crippen LogP contribution in [0.1, 0.15) is 34.5 Å². The van der Waals surface area contributed by atoms with E-state index in [9.17, 15) is 18.0 Å². The lowest BCUT2D eigenvalue weighted by atomic mass is 10.0. The summed E-state index contributed by atoms with van der Waals surface area (Å²) in [7, 11) is 0. The quantitative estimate of drug-likeness (QED) is 0.769. The molecule has 0 aliphatic rings. The number of Topliss-reactive ketones (excluding diaryl/α,β-unsaturated/α-hetero) is 1. The Bertz CT molecular complexity index is 591. The lowest BCUT2D eigenvalue weighted by molar-refractivity contribution is -0.137. The number of aryl methyl sites for hydroxylation is 1. The van der Waals surface area contributed by atoms with Gasteiger partial charge in [-0.3, -0.25) is 9.78 Å². The SMILES string of the molecule is O=C(CCCc1ccccc1)c1ccc(C(F)(F)F)cn1. The van der Waals surface area contributed by atoms with Crippen LogP contribution in [0.25, 0.3) is 0 Å². The fourth-order valence-electron chi connectivity index (χ4n) is 1.95. The first-order valence-corrected chi connectivity index (χ1v) is 6.57. The van der Waals surface area contributed by atoms with Gasteiger partial charge in [0.05, 0.1) is 5.56 Å². The van der Waals surface area contributed by atoms with E-state index in [4.69, 9.17) is 0 Å². The van der Waals surface area contributed by atoms with Crippen molar-refractivity contribution >= 4 is 5.78 Å². The van der Waals surface area contributed by atoms with Gasteiger partial charge >= 0.3 is 6.18 Å². The van der Waals surface area contributed by atoms with E-state index in [2.05, 4.69) is 4.98 Å². The van der Waals surface area contributed by atoms with Crippen LogP contribution in [0, 0.1) is 0 Å². The number of alkyl halides is 3. The monoisotopic (exact) mass is 293 g/mol. The zero-order chi connectivity index (χ0) is 15.3. The third-order valence-corrected chi connectivity index (χ3v) is 3.09. The molecule has 0 aliphatic heterocycles. The average Bonchev–Trinajstić information content (AvgIpc) is 2.47. The second kappa shape index (κ2) is 6.52. The molecule has 0 bridgehead atoms. The van der Waals surface area contributed by atoms with E-state index < -0.39 is 11.7 Å². The zero-order valence-electron chi connectivity index (χ0n) is 11.2. The highest BCUT2D eigenvalue weighted by Crippen LogP contribution is 2.28. The second-order valence-corrected chi connectivity index (χ2v) is 4.69. The van der Waals surface area contributed by atoms with Gasteiger partial charge in [0.1, 0.15) is 5.69 Å². The standard InChI is InChI=1S/C16H14F3NO/c17-16(18,19)13-9-10-14(20-11-13)15(21)8-4-7-12-5-2-1-3-6-12/h1-3,5-6,9-11H,4,7-8H2. The van der Waals surface area contributed by atoms with E-state index in [0.717, 1.165) is 24.1 Å². The Morgan fingerprint density at radius 3 is 2.33 bits per heavy atom. The number of benzene rings is 1. The van der Waals surface area contributed by atoms with Crippen LogP contribution in [-0.2, 0) is 12.6 Å². The van der Waals surface area contributed by atoms with Crippen LogP contribution < -0.4 is 0 Å². The van der Waals surface area contributed by atoms with Gasteiger partial charge in [0, 0.05) is 12.6 Å². The van der Waals surface area contributed by atoms with Crippen molar-refractivity contribution in [2.24, 2.45) is 0 Å². The molecule has 21 heavy (non-hydrogen) atoms. The molecule has 0 atom stereocenters. The van der Waals surface area contributed by atoms with Crippen molar-refractivity contribution in [3.05, 3.63) is 65.5 Å². The molecular formula is C16H14F3NO. The zero-order valence-corrected chi connectivity index (χ0v) is 11.2. The van der Waals surface area contributed by atoms with E-state index in [1.54, 1.807) is 0 Å². The third-order valence-electron chi connectivity index (χ3n) is 3.09.